The van der Waals surface area contributed by atoms with E-state index in [1.165, 1.54) is 18.3 Å². The van der Waals surface area contributed by atoms with E-state index < -0.39 is 0 Å². The lowest BCUT2D eigenvalue weighted by atomic mass is 10.1. The Morgan fingerprint density at radius 1 is 1.22 bits per heavy atom. The van der Waals surface area contributed by atoms with E-state index in [1.54, 1.807) is 12.1 Å². The Labute approximate surface area is 133 Å². The van der Waals surface area contributed by atoms with Gasteiger partial charge in [0, 0.05) is 17.3 Å². The van der Waals surface area contributed by atoms with Crippen molar-refractivity contribution in [2.24, 2.45) is 0 Å². The molecule has 0 aliphatic heterocycles. The lowest BCUT2D eigenvalue weighted by molar-refractivity contribution is 0.340. The zero-order valence-corrected chi connectivity index (χ0v) is 12.5. The van der Waals surface area contributed by atoms with Crippen LogP contribution in [0.2, 0.25) is 0 Å². The summed E-state index contributed by atoms with van der Waals surface area (Å²) in [6, 6.07) is 13.6. The summed E-state index contributed by atoms with van der Waals surface area (Å²) in [5.74, 6) is 0.397. The fraction of sp³-hybridized carbons (Fsp3) is 0.111. The highest BCUT2D eigenvalue weighted by Crippen LogP contribution is 2.31. The third-order valence-corrected chi connectivity index (χ3v) is 3.38. The Kier molecular flexibility index (Phi) is 4.07. The van der Waals surface area contributed by atoms with Crippen LogP contribution >= 0.6 is 0 Å². The topological polar surface area (TPSA) is 57.9 Å². The van der Waals surface area contributed by atoms with Crippen molar-refractivity contribution in [3.63, 3.8) is 0 Å². The molecule has 0 saturated carbocycles. The van der Waals surface area contributed by atoms with E-state index in [4.69, 9.17) is 4.74 Å². The smallest absolute Gasteiger partial charge is 0.123 e. The number of hydrogen-bond donors (Lipinski definition) is 1. The first-order valence-corrected chi connectivity index (χ1v) is 7.19. The molecule has 0 spiro atoms. The molecule has 1 heterocycles. The van der Waals surface area contributed by atoms with Gasteiger partial charge < -0.3 is 10.1 Å². The SMILES string of the molecule is CCOc1ccc2ncc(C#N)c(Nc3ccc(F)cc3)c2c1. The lowest BCUT2D eigenvalue weighted by Crippen LogP contribution is -1.98. The lowest BCUT2D eigenvalue weighted by Gasteiger charge is -2.12. The molecule has 1 N–H and O–H groups in total. The van der Waals surface area contributed by atoms with Gasteiger partial charge in [-0.2, -0.15) is 5.26 Å². The number of benzene rings is 2. The molecule has 114 valence electrons. The van der Waals surface area contributed by atoms with Crippen molar-refractivity contribution in [1.29, 1.82) is 5.26 Å². The second kappa shape index (κ2) is 6.32. The summed E-state index contributed by atoms with van der Waals surface area (Å²) in [4.78, 5) is 4.29. The number of rotatable bonds is 4. The number of ether oxygens (including phenoxy) is 1. The van der Waals surface area contributed by atoms with Crippen LogP contribution in [0, 0.1) is 17.1 Å². The van der Waals surface area contributed by atoms with E-state index in [1.807, 2.05) is 25.1 Å². The van der Waals surface area contributed by atoms with Gasteiger partial charge in [0.15, 0.2) is 0 Å². The molecule has 0 aliphatic carbocycles. The van der Waals surface area contributed by atoms with Crippen LogP contribution in [0.3, 0.4) is 0 Å². The van der Waals surface area contributed by atoms with Gasteiger partial charge in [-0.1, -0.05) is 0 Å². The molecule has 0 unspecified atom stereocenters. The Morgan fingerprint density at radius 2 is 2.00 bits per heavy atom. The summed E-state index contributed by atoms with van der Waals surface area (Å²) in [6.07, 6.45) is 1.52. The van der Waals surface area contributed by atoms with Gasteiger partial charge in [0.25, 0.3) is 0 Å². The third kappa shape index (κ3) is 3.06. The molecular weight excluding hydrogens is 293 g/mol. The number of aromatic nitrogens is 1. The Morgan fingerprint density at radius 3 is 2.70 bits per heavy atom. The molecule has 0 radical (unpaired) electrons. The van der Waals surface area contributed by atoms with Crippen LogP contribution in [-0.2, 0) is 0 Å². The predicted molar refractivity (Wildman–Crippen MR) is 87.3 cm³/mol. The minimum Gasteiger partial charge on any atom is -0.494 e. The van der Waals surface area contributed by atoms with Crippen LogP contribution in [0.5, 0.6) is 5.75 Å². The van der Waals surface area contributed by atoms with E-state index in [2.05, 4.69) is 16.4 Å². The summed E-state index contributed by atoms with van der Waals surface area (Å²) >= 11 is 0. The summed E-state index contributed by atoms with van der Waals surface area (Å²) < 4.78 is 18.6. The van der Waals surface area contributed by atoms with Crippen LogP contribution < -0.4 is 10.1 Å². The van der Waals surface area contributed by atoms with Crippen LogP contribution in [0.4, 0.5) is 15.8 Å². The number of anilines is 2. The molecule has 0 bridgehead atoms. The molecule has 3 rings (SSSR count). The normalized spacial score (nSPS) is 10.3. The fourth-order valence-electron chi connectivity index (χ4n) is 2.33. The van der Waals surface area contributed by atoms with Gasteiger partial charge in [-0.3, -0.25) is 4.98 Å². The number of nitrogens with zero attached hydrogens (tertiary/aromatic N) is 2. The van der Waals surface area contributed by atoms with Crippen molar-refractivity contribution in [2.75, 3.05) is 11.9 Å². The molecule has 2 aromatic carbocycles. The highest BCUT2D eigenvalue weighted by molar-refractivity contribution is 5.96. The molecule has 3 aromatic rings. The first kappa shape index (κ1) is 14.8. The number of nitrogens with one attached hydrogen (secondary N) is 1. The van der Waals surface area contributed by atoms with Crippen LogP contribution in [0.25, 0.3) is 10.9 Å². The molecular formula is C18H14FN3O. The van der Waals surface area contributed by atoms with Gasteiger partial charge in [-0.05, 0) is 49.4 Å². The zero-order valence-electron chi connectivity index (χ0n) is 12.5. The molecule has 23 heavy (non-hydrogen) atoms. The molecule has 0 amide bonds. The van der Waals surface area contributed by atoms with Crippen molar-refractivity contribution >= 4 is 22.3 Å². The highest BCUT2D eigenvalue weighted by atomic mass is 19.1. The standard InChI is InChI=1S/C18H14FN3O/c1-2-23-15-7-8-17-16(9-15)18(12(10-20)11-21-17)22-14-5-3-13(19)4-6-14/h3-9,11H,2H2,1H3,(H,21,22). The molecule has 0 fully saturated rings. The average Bonchev–Trinajstić information content (AvgIpc) is 2.57. The Hall–Kier alpha value is -3.13. The first-order chi connectivity index (χ1) is 11.2. The Balaban J connectivity index is 2.13. The first-order valence-electron chi connectivity index (χ1n) is 7.19. The van der Waals surface area contributed by atoms with E-state index in [0.29, 0.717) is 29.3 Å². The maximum absolute atomic E-state index is 13.1. The number of nitriles is 1. The average molecular weight is 307 g/mol. The fourth-order valence-corrected chi connectivity index (χ4v) is 2.33. The maximum Gasteiger partial charge on any atom is 0.123 e. The molecule has 0 saturated heterocycles. The third-order valence-electron chi connectivity index (χ3n) is 3.38. The Bertz CT molecular complexity index is 885. The molecule has 0 aliphatic rings. The predicted octanol–water partition coefficient (Wildman–Crippen LogP) is 4.39. The molecule has 4 nitrogen and oxygen atoms in total. The second-order valence-corrected chi connectivity index (χ2v) is 4.90. The van der Waals surface area contributed by atoms with Gasteiger partial charge in [-0.15, -0.1) is 0 Å². The van der Waals surface area contributed by atoms with E-state index in [9.17, 15) is 9.65 Å². The molecule has 0 atom stereocenters. The number of hydrogen-bond acceptors (Lipinski definition) is 4. The zero-order chi connectivity index (χ0) is 16.2. The molecule has 1 aromatic heterocycles. The van der Waals surface area contributed by atoms with Crippen LogP contribution in [0.15, 0.2) is 48.7 Å². The van der Waals surface area contributed by atoms with Gasteiger partial charge in [0.1, 0.15) is 17.6 Å². The molecule has 5 heteroatoms. The van der Waals surface area contributed by atoms with Crippen molar-refractivity contribution in [1.82, 2.24) is 4.98 Å². The quantitative estimate of drug-likeness (QED) is 0.776. The van der Waals surface area contributed by atoms with E-state index in [0.717, 1.165) is 10.9 Å². The number of pyridine rings is 1. The minimum atomic E-state index is -0.311. The summed E-state index contributed by atoms with van der Waals surface area (Å²) in [7, 11) is 0. The van der Waals surface area contributed by atoms with Crippen molar-refractivity contribution in [3.05, 3.63) is 60.0 Å². The van der Waals surface area contributed by atoms with Crippen LogP contribution in [-0.4, -0.2) is 11.6 Å². The number of fused-ring (bicyclic) bond motifs is 1. The van der Waals surface area contributed by atoms with Gasteiger partial charge in [0.2, 0.25) is 0 Å². The largest absolute Gasteiger partial charge is 0.494 e. The van der Waals surface area contributed by atoms with Gasteiger partial charge in [0.05, 0.1) is 23.4 Å². The number of halogens is 1. The van der Waals surface area contributed by atoms with Gasteiger partial charge >= 0.3 is 0 Å². The summed E-state index contributed by atoms with van der Waals surface area (Å²) in [5.41, 5.74) is 2.48. The monoisotopic (exact) mass is 307 g/mol. The van der Waals surface area contributed by atoms with E-state index >= 15 is 0 Å². The minimum absolute atomic E-state index is 0.311. The van der Waals surface area contributed by atoms with Crippen LogP contribution in [0.1, 0.15) is 12.5 Å². The van der Waals surface area contributed by atoms with Gasteiger partial charge in [-0.25, -0.2) is 4.39 Å². The van der Waals surface area contributed by atoms with E-state index in [-0.39, 0.29) is 5.82 Å². The summed E-state index contributed by atoms with van der Waals surface area (Å²) in [6.45, 7) is 2.46. The van der Waals surface area contributed by atoms with Crippen molar-refractivity contribution in [2.45, 2.75) is 6.92 Å². The second-order valence-electron chi connectivity index (χ2n) is 4.90. The summed E-state index contributed by atoms with van der Waals surface area (Å²) in [5, 5.41) is 13.3. The van der Waals surface area contributed by atoms with Crippen molar-refractivity contribution in [3.8, 4) is 11.8 Å². The maximum atomic E-state index is 13.1. The van der Waals surface area contributed by atoms with Crippen molar-refractivity contribution < 1.29 is 9.13 Å². The highest BCUT2D eigenvalue weighted by Gasteiger charge is 2.10.